The van der Waals surface area contributed by atoms with Crippen LogP contribution in [0.4, 0.5) is 0 Å². The molecule has 0 aliphatic carbocycles. The van der Waals surface area contributed by atoms with Crippen molar-refractivity contribution in [2.45, 2.75) is 32.4 Å². The fourth-order valence-electron chi connectivity index (χ4n) is 2.91. The van der Waals surface area contributed by atoms with Gasteiger partial charge < -0.3 is 14.8 Å². The van der Waals surface area contributed by atoms with Gasteiger partial charge in [0.2, 0.25) is 11.8 Å². The maximum absolute atomic E-state index is 12.3. The Morgan fingerprint density at radius 3 is 3.08 bits per heavy atom. The molecule has 1 aromatic heterocycles. The van der Waals surface area contributed by atoms with Gasteiger partial charge >= 0.3 is 0 Å². The molecular weight excluding hydrogens is 304 g/mol. The highest BCUT2D eigenvalue weighted by atomic mass is 16.5. The lowest BCUT2D eigenvalue weighted by atomic mass is 9.95. The minimum absolute atomic E-state index is 0.0389. The van der Waals surface area contributed by atoms with E-state index in [9.17, 15) is 4.79 Å². The van der Waals surface area contributed by atoms with Gasteiger partial charge in [-0.05, 0) is 30.5 Å². The smallest absolute Gasteiger partial charge is 0.223 e. The summed E-state index contributed by atoms with van der Waals surface area (Å²) in [5, 5.41) is 2.94. The molecule has 0 radical (unpaired) electrons. The first-order chi connectivity index (χ1) is 11.8. The standard InChI is InChI=1S/C19H22N2O3/c1-2-23-19-15(7-5-10-20-19)13-21-18(22)12-17-16-8-4-3-6-14(16)9-11-24-17/h3-8,10,17H,2,9,11-13H2,1H3,(H,21,22)/t17-/m0/s1. The summed E-state index contributed by atoms with van der Waals surface area (Å²) >= 11 is 0. The third-order valence-corrected chi connectivity index (χ3v) is 4.07. The van der Waals surface area contributed by atoms with Crippen LogP contribution in [-0.4, -0.2) is 24.1 Å². The molecule has 2 aromatic rings. The van der Waals surface area contributed by atoms with Crippen LogP contribution in [0.3, 0.4) is 0 Å². The molecule has 1 atom stereocenters. The topological polar surface area (TPSA) is 60.5 Å². The first kappa shape index (κ1) is 16.5. The number of nitrogens with one attached hydrogen (secondary N) is 1. The van der Waals surface area contributed by atoms with Crippen LogP contribution >= 0.6 is 0 Å². The number of carbonyl (C=O) groups excluding carboxylic acids is 1. The van der Waals surface area contributed by atoms with E-state index in [1.807, 2.05) is 37.3 Å². The summed E-state index contributed by atoms with van der Waals surface area (Å²) in [6, 6.07) is 11.9. The van der Waals surface area contributed by atoms with E-state index in [-0.39, 0.29) is 12.0 Å². The molecule has 2 heterocycles. The van der Waals surface area contributed by atoms with Gasteiger partial charge in [0.25, 0.3) is 0 Å². The van der Waals surface area contributed by atoms with Crippen LogP contribution in [0.2, 0.25) is 0 Å². The maximum atomic E-state index is 12.3. The van der Waals surface area contributed by atoms with Crippen LogP contribution in [0.1, 0.15) is 36.1 Å². The van der Waals surface area contributed by atoms with E-state index in [1.54, 1.807) is 6.20 Å². The molecule has 0 bridgehead atoms. The summed E-state index contributed by atoms with van der Waals surface area (Å²) in [6.07, 6.45) is 2.74. The summed E-state index contributed by atoms with van der Waals surface area (Å²) in [5.41, 5.74) is 3.26. The highest BCUT2D eigenvalue weighted by Crippen LogP contribution is 2.29. The molecule has 5 heteroatoms. The fourth-order valence-corrected chi connectivity index (χ4v) is 2.91. The van der Waals surface area contributed by atoms with Crippen molar-refractivity contribution >= 4 is 5.91 Å². The molecule has 0 fully saturated rings. The van der Waals surface area contributed by atoms with Gasteiger partial charge in [0, 0.05) is 18.3 Å². The predicted octanol–water partition coefficient (Wildman–Crippen LogP) is 2.80. The minimum atomic E-state index is -0.171. The minimum Gasteiger partial charge on any atom is -0.478 e. The monoisotopic (exact) mass is 326 g/mol. The van der Waals surface area contributed by atoms with Gasteiger partial charge in [-0.2, -0.15) is 0 Å². The van der Waals surface area contributed by atoms with E-state index in [1.165, 1.54) is 5.56 Å². The molecule has 0 saturated heterocycles. The van der Waals surface area contributed by atoms with Crippen molar-refractivity contribution in [3.05, 3.63) is 59.3 Å². The number of amides is 1. The molecule has 1 N–H and O–H groups in total. The number of carbonyl (C=O) groups is 1. The van der Waals surface area contributed by atoms with Crippen molar-refractivity contribution in [2.24, 2.45) is 0 Å². The summed E-state index contributed by atoms with van der Waals surface area (Å²) in [6.45, 7) is 3.52. The zero-order valence-electron chi connectivity index (χ0n) is 13.8. The molecule has 5 nitrogen and oxygen atoms in total. The van der Waals surface area contributed by atoms with Crippen LogP contribution in [0.5, 0.6) is 5.88 Å². The van der Waals surface area contributed by atoms with Crippen molar-refractivity contribution in [3.8, 4) is 5.88 Å². The van der Waals surface area contributed by atoms with Crippen LogP contribution in [0.15, 0.2) is 42.6 Å². The highest BCUT2D eigenvalue weighted by Gasteiger charge is 2.23. The second-order valence-electron chi connectivity index (χ2n) is 5.69. The van der Waals surface area contributed by atoms with Gasteiger partial charge in [-0.15, -0.1) is 0 Å². The molecule has 0 spiro atoms. The predicted molar refractivity (Wildman–Crippen MR) is 90.7 cm³/mol. The van der Waals surface area contributed by atoms with Gasteiger partial charge in [0.1, 0.15) is 0 Å². The van der Waals surface area contributed by atoms with Gasteiger partial charge in [0.05, 0.1) is 25.7 Å². The second-order valence-corrected chi connectivity index (χ2v) is 5.69. The molecule has 1 aliphatic rings. The number of pyridine rings is 1. The zero-order valence-corrected chi connectivity index (χ0v) is 13.8. The van der Waals surface area contributed by atoms with E-state index in [0.717, 1.165) is 17.5 Å². The largest absolute Gasteiger partial charge is 0.478 e. The Balaban J connectivity index is 1.59. The first-order valence-corrected chi connectivity index (χ1v) is 8.30. The number of nitrogens with zero attached hydrogens (tertiary/aromatic N) is 1. The van der Waals surface area contributed by atoms with Crippen LogP contribution in [-0.2, 0) is 22.5 Å². The molecule has 3 rings (SSSR count). The molecular formula is C19H22N2O3. The number of rotatable bonds is 6. The number of aromatic nitrogens is 1. The average Bonchev–Trinajstić information content (AvgIpc) is 2.62. The average molecular weight is 326 g/mol. The van der Waals surface area contributed by atoms with Crippen molar-refractivity contribution in [1.82, 2.24) is 10.3 Å². The van der Waals surface area contributed by atoms with Crippen LogP contribution in [0.25, 0.3) is 0 Å². The Kier molecular flexibility index (Phi) is 5.43. The van der Waals surface area contributed by atoms with E-state index in [0.29, 0.717) is 32.1 Å². The summed E-state index contributed by atoms with van der Waals surface area (Å²) in [4.78, 5) is 16.5. The fraction of sp³-hybridized carbons (Fsp3) is 0.368. The maximum Gasteiger partial charge on any atom is 0.223 e. The lowest BCUT2D eigenvalue weighted by Gasteiger charge is -2.25. The number of ether oxygens (including phenoxy) is 2. The summed E-state index contributed by atoms with van der Waals surface area (Å²) < 4.78 is 11.3. The molecule has 24 heavy (non-hydrogen) atoms. The van der Waals surface area contributed by atoms with E-state index in [4.69, 9.17) is 9.47 Å². The normalized spacial score (nSPS) is 16.3. The molecule has 0 saturated carbocycles. The summed E-state index contributed by atoms with van der Waals surface area (Å²) in [5.74, 6) is 0.530. The lowest BCUT2D eigenvalue weighted by molar-refractivity contribution is -0.124. The highest BCUT2D eigenvalue weighted by molar-refractivity contribution is 5.76. The van der Waals surface area contributed by atoms with Crippen molar-refractivity contribution < 1.29 is 14.3 Å². The molecule has 1 amide bonds. The van der Waals surface area contributed by atoms with Crippen LogP contribution in [0, 0.1) is 0 Å². The van der Waals surface area contributed by atoms with Crippen molar-refractivity contribution in [2.75, 3.05) is 13.2 Å². The third-order valence-electron chi connectivity index (χ3n) is 4.07. The van der Waals surface area contributed by atoms with Gasteiger partial charge in [-0.25, -0.2) is 4.98 Å². The molecule has 1 aromatic carbocycles. The quantitative estimate of drug-likeness (QED) is 0.887. The Hall–Kier alpha value is -2.40. The van der Waals surface area contributed by atoms with Crippen molar-refractivity contribution in [1.29, 1.82) is 0 Å². The van der Waals surface area contributed by atoms with Gasteiger partial charge in [-0.1, -0.05) is 30.3 Å². The van der Waals surface area contributed by atoms with Crippen LogP contribution < -0.4 is 10.1 Å². The number of hydrogen-bond donors (Lipinski definition) is 1. The number of benzene rings is 1. The molecule has 1 aliphatic heterocycles. The number of fused-ring (bicyclic) bond motifs is 1. The van der Waals surface area contributed by atoms with E-state index < -0.39 is 0 Å². The van der Waals surface area contributed by atoms with Crippen molar-refractivity contribution in [3.63, 3.8) is 0 Å². The molecule has 126 valence electrons. The SMILES string of the molecule is CCOc1ncccc1CNC(=O)C[C@@H]1OCCc2ccccc21. The Bertz CT molecular complexity index is 703. The Labute approximate surface area is 142 Å². The second kappa shape index (κ2) is 7.93. The number of hydrogen-bond acceptors (Lipinski definition) is 4. The lowest BCUT2D eigenvalue weighted by Crippen LogP contribution is -2.27. The Morgan fingerprint density at radius 1 is 1.33 bits per heavy atom. The molecule has 0 unspecified atom stereocenters. The van der Waals surface area contributed by atoms with Gasteiger partial charge in [0.15, 0.2) is 0 Å². The third kappa shape index (κ3) is 3.92. The Morgan fingerprint density at radius 2 is 2.21 bits per heavy atom. The van der Waals surface area contributed by atoms with E-state index >= 15 is 0 Å². The zero-order chi connectivity index (χ0) is 16.8. The summed E-state index contributed by atoms with van der Waals surface area (Å²) in [7, 11) is 0. The first-order valence-electron chi connectivity index (χ1n) is 8.30. The van der Waals surface area contributed by atoms with E-state index in [2.05, 4.69) is 16.4 Å². The van der Waals surface area contributed by atoms with Gasteiger partial charge in [-0.3, -0.25) is 4.79 Å².